The number of amides is 1. The van der Waals surface area contributed by atoms with Crippen molar-refractivity contribution in [2.75, 3.05) is 12.3 Å². The topological polar surface area (TPSA) is 64.2 Å². The van der Waals surface area contributed by atoms with E-state index >= 15 is 0 Å². The average Bonchev–Trinajstić information content (AvgIpc) is 3.60. The molecule has 4 aromatic rings. The minimum Gasteiger partial charge on any atom is -0.461 e. The molecule has 5 rings (SSSR count). The lowest BCUT2D eigenvalue weighted by molar-refractivity contribution is -0.129. The van der Waals surface area contributed by atoms with Crippen molar-refractivity contribution in [3.05, 3.63) is 76.7 Å². The van der Waals surface area contributed by atoms with Crippen molar-refractivity contribution in [1.82, 2.24) is 19.7 Å². The Morgan fingerprint density at radius 2 is 2.03 bits per heavy atom. The van der Waals surface area contributed by atoms with Gasteiger partial charge in [0, 0.05) is 11.4 Å². The van der Waals surface area contributed by atoms with E-state index in [-0.39, 0.29) is 11.9 Å². The predicted octanol–water partition coefficient (Wildman–Crippen LogP) is 5.10. The molecule has 1 aromatic carbocycles. The van der Waals surface area contributed by atoms with Crippen LogP contribution in [0.3, 0.4) is 0 Å². The maximum atomic E-state index is 13.1. The number of nitrogens with zero attached hydrogens (tertiary/aromatic N) is 4. The molecule has 1 fully saturated rings. The van der Waals surface area contributed by atoms with Crippen LogP contribution in [-0.4, -0.2) is 37.9 Å². The fraction of sp³-hybridized carbons (Fsp3) is 0.261. The summed E-state index contributed by atoms with van der Waals surface area (Å²) in [6.45, 7) is 1.43. The van der Waals surface area contributed by atoms with Gasteiger partial charge < -0.3 is 9.32 Å². The highest BCUT2D eigenvalue weighted by Crippen LogP contribution is 2.35. The van der Waals surface area contributed by atoms with Crippen LogP contribution >= 0.6 is 23.1 Å². The maximum Gasteiger partial charge on any atom is 0.233 e. The molecule has 0 saturated carbocycles. The van der Waals surface area contributed by atoms with Gasteiger partial charge in [0.2, 0.25) is 11.7 Å². The zero-order valence-electron chi connectivity index (χ0n) is 16.9. The summed E-state index contributed by atoms with van der Waals surface area (Å²) in [5.74, 6) is 1.82. The van der Waals surface area contributed by atoms with Gasteiger partial charge in [-0.2, -0.15) is 0 Å². The Kier molecular flexibility index (Phi) is 5.90. The highest BCUT2D eigenvalue weighted by atomic mass is 32.2. The predicted molar refractivity (Wildman–Crippen MR) is 122 cm³/mol. The second-order valence-corrected chi connectivity index (χ2v) is 9.33. The van der Waals surface area contributed by atoms with Crippen LogP contribution in [0, 0.1) is 0 Å². The van der Waals surface area contributed by atoms with Gasteiger partial charge in [-0.1, -0.05) is 48.2 Å². The third-order valence-corrected chi connectivity index (χ3v) is 7.34. The molecule has 158 valence electrons. The Morgan fingerprint density at radius 1 is 1.13 bits per heavy atom. The van der Waals surface area contributed by atoms with E-state index in [1.807, 2.05) is 39.8 Å². The first-order valence-corrected chi connectivity index (χ1v) is 12.1. The molecule has 1 amide bonds. The summed E-state index contributed by atoms with van der Waals surface area (Å²) in [6, 6.07) is 18.3. The van der Waals surface area contributed by atoms with E-state index in [4.69, 9.17) is 4.42 Å². The van der Waals surface area contributed by atoms with Gasteiger partial charge in [0.05, 0.1) is 24.6 Å². The molecule has 0 bridgehead atoms. The molecule has 1 saturated heterocycles. The molecule has 1 aliphatic rings. The van der Waals surface area contributed by atoms with Crippen LogP contribution < -0.4 is 0 Å². The van der Waals surface area contributed by atoms with Crippen LogP contribution in [0.15, 0.2) is 75.8 Å². The SMILES string of the molecule is O=C(CSc1nnc(-c2ccco2)n1Cc1ccccc1)N1CCCC1c1cccs1. The molecular weight excluding hydrogens is 428 g/mol. The van der Waals surface area contributed by atoms with Crippen LogP contribution in [0.2, 0.25) is 0 Å². The molecule has 8 heteroatoms. The quantitative estimate of drug-likeness (QED) is 0.366. The zero-order valence-corrected chi connectivity index (χ0v) is 18.5. The maximum absolute atomic E-state index is 13.1. The van der Waals surface area contributed by atoms with E-state index in [1.165, 1.54) is 16.6 Å². The highest BCUT2D eigenvalue weighted by Gasteiger charge is 2.30. The summed E-state index contributed by atoms with van der Waals surface area (Å²) < 4.78 is 7.59. The number of thiophene rings is 1. The van der Waals surface area contributed by atoms with Gasteiger partial charge in [0.15, 0.2) is 10.9 Å². The first-order chi connectivity index (χ1) is 15.3. The summed E-state index contributed by atoms with van der Waals surface area (Å²) in [5.41, 5.74) is 1.14. The lowest BCUT2D eigenvalue weighted by Gasteiger charge is -2.23. The normalized spacial score (nSPS) is 16.1. The second kappa shape index (κ2) is 9.11. The van der Waals surface area contributed by atoms with Gasteiger partial charge in [-0.3, -0.25) is 9.36 Å². The van der Waals surface area contributed by atoms with E-state index in [0.29, 0.717) is 23.9 Å². The number of rotatable bonds is 7. The van der Waals surface area contributed by atoms with E-state index in [9.17, 15) is 4.79 Å². The number of aromatic nitrogens is 3. The largest absolute Gasteiger partial charge is 0.461 e. The second-order valence-electron chi connectivity index (χ2n) is 7.40. The minimum atomic E-state index is 0.148. The summed E-state index contributed by atoms with van der Waals surface area (Å²) in [5, 5.41) is 11.5. The molecule has 6 nitrogen and oxygen atoms in total. The molecular formula is C23H22N4O2S2. The van der Waals surface area contributed by atoms with Crippen molar-refractivity contribution >= 4 is 29.0 Å². The monoisotopic (exact) mass is 450 g/mol. The van der Waals surface area contributed by atoms with Gasteiger partial charge in [0.1, 0.15) is 0 Å². The van der Waals surface area contributed by atoms with Crippen molar-refractivity contribution in [3.8, 4) is 11.6 Å². The van der Waals surface area contributed by atoms with E-state index < -0.39 is 0 Å². The number of hydrogen-bond donors (Lipinski definition) is 0. The number of thioether (sulfide) groups is 1. The van der Waals surface area contributed by atoms with E-state index in [0.717, 1.165) is 30.1 Å². The van der Waals surface area contributed by atoms with Crippen molar-refractivity contribution in [2.24, 2.45) is 0 Å². The van der Waals surface area contributed by atoms with Gasteiger partial charge in [-0.15, -0.1) is 21.5 Å². The molecule has 31 heavy (non-hydrogen) atoms. The standard InChI is InChI=1S/C23H22N4O2S2/c28-21(26-12-4-9-18(26)20-11-6-14-30-20)16-31-23-25-24-22(19-10-5-13-29-19)27(23)15-17-7-2-1-3-8-17/h1-3,5-8,10-11,13-14,18H,4,9,12,15-16H2. The molecule has 1 unspecified atom stereocenters. The minimum absolute atomic E-state index is 0.148. The average molecular weight is 451 g/mol. The Labute approximate surface area is 188 Å². The molecule has 3 aromatic heterocycles. The Bertz CT molecular complexity index is 1120. The molecule has 0 radical (unpaired) electrons. The summed E-state index contributed by atoms with van der Waals surface area (Å²) in [7, 11) is 0. The van der Waals surface area contributed by atoms with Crippen LogP contribution in [0.4, 0.5) is 0 Å². The first-order valence-electron chi connectivity index (χ1n) is 10.3. The molecule has 0 spiro atoms. The summed E-state index contributed by atoms with van der Waals surface area (Å²) in [4.78, 5) is 16.3. The summed E-state index contributed by atoms with van der Waals surface area (Å²) in [6.07, 6.45) is 3.71. The number of carbonyl (C=O) groups excluding carboxylic acids is 1. The Balaban J connectivity index is 1.35. The first kappa shape index (κ1) is 20.1. The van der Waals surface area contributed by atoms with Crippen molar-refractivity contribution < 1.29 is 9.21 Å². The van der Waals surface area contributed by atoms with Crippen LogP contribution in [0.25, 0.3) is 11.6 Å². The van der Waals surface area contributed by atoms with Crippen molar-refractivity contribution in [1.29, 1.82) is 0 Å². The molecule has 0 N–H and O–H groups in total. The van der Waals surface area contributed by atoms with Gasteiger partial charge in [-0.25, -0.2) is 0 Å². The van der Waals surface area contributed by atoms with E-state index in [2.05, 4.69) is 39.8 Å². The molecule has 1 aliphatic heterocycles. The van der Waals surface area contributed by atoms with Crippen molar-refractivity contribution in [3.63, 3.8) is 0 Å². The van der Waals surface area contributed by atoms with Gasteiger partial charge in [-0.05, 0) is 42.0 Å². The molecule has 1 atom stereocenters. The number of likely N-dealkylation sites (tertiary alicyclic amines) is 1. The molecule has 4 heterocycles. The highest BCUT2D eigenvalue weighted by molar-refractivity contribution is 7.99. The Hall–Kier alpha value is -2.84. The van der Waals surface area contributed by atoms with Crippen LogP contribution in [-0.2, 0) is 11.3 Å². The number of hydrogen-bond acceptors (Lipinski definition) is 6. The fourth-order valence-electron chi connectivity index (χ4n) is 3.94. The van der Waals surface area contributed by atoms with Crippen LogP contribution in [0.1, 0.15) is 29.3 Å². The number of carbonyl (C=O) groups is 1. The lowest BCUT2D eigenvalue weighted by atomic mass is 10.2. The lowest BCUT2D eigenvalue weighted by Crippen LogP contribution is -2.31. The fourth-order valence-corrected chi connectivity index (χ4v) is 5.64. The third kappa shape index (κ3) is 4.31. The van der Waals surface area contributed by atoms with Gasteiger partial charge in [0.25, 0.3) is 0 Å². The van der Waals surface area contributed by atoms with Gasteiger partial charge >= 0.3 is 0 Å². The number of furan rings is 1. The number of benzene rings is 1. The Morgan fingerprint density at radius 3 is 2.81 bits per heavy atom. The smallest absolute Gasteiger partial charge is 0.233 e. The molecule has 0 aliphatic carbocycles. The van der Waals surface area contributed by atoms with Crippen LogP contribution in [0.5, 0.6) is 0 Å². The third-order valence-electron chi connectivity index (χ3n) is 5.41. The van der Waals surface area contributed by atoms with E-state index in [1.54, 1.807) is 17.6 Å². The van der Waals surface area contributed by atoms with Crippen molar-refractivity contribution in [2.45, 2.75) is 30.6 Å². The summed E-state index contributed by atoms with van der Waals surface area (Å²) >= 11 is 3.16. The zero-order chi connectivity index (χ0) is 21.0.